The molecular weight excluding hydrogens is 304 g/mol. The van der Waals surface area contributed by atoms with Crippen LogP contribution in [0, 0.1) is 5.41 Å². The summed E-state index contributed by atoms with van der Waals surface area (Å²) in [5.41, 5.74) is 8.40. The molecule has 0 atom stereocenters. The van der Waals surface area contributed by atoms with Gasteiger partial charge in [-0.25, -0.2) is 0 Å². The van der Waals surface area contributed by atoms with Crippen LogP contribution >= 0.6 is 0 Å². The van der Waals surface area contributed by atoms with Gasteiger partial charge in [0.15, 0.2) is 0 Å². The van der Waals surface area contributed by atoms with E-state index in [0.717, 1.165) is 6.21 Å². The Labute approximate surface area is 139 Å². The zero-order valence-electron chi connectivity index (χ0n) is 12.8. The molecule has 6 heteroatoms. The van der Waals surface area contributed by atoms with E-state index in [9.17, 15) is 9.59 Å². The number of nitrogens with one attached hydrogen (secondary N) is 2. The summed E-state index contributed by atoms with van der Waals surface area (Å²) in [7, 11) is 0. The number of nitrogens with zero attached hydrogens (tertiary/aromatic N) is 1. The molecule has 0 fully saturated rings. The average Bonchev–Trinajstić information content (AvgIpc) is 2.62. The molecule has 1 heterocycles. The van der Waals surface area contributed by atoms with Crippen LogP contribution in [0.4, 0.5) is 5.69 Å². The van der Waals surface area contributed by atoms with Gasteiger partial charge in [0.05, 0.1) is 0 Å². The highest BCUT2D eigenvalue weighted by molar-refractivity contribution is 6.10. The molecule has 2 aromatic rings. The van der Waals surface area contributed by atoms with Crippen molar-refractivity contribution in [3.05, 3.63) is 71.7 Å². The molecule has 0 saturated carbocycles. The van der Waals surface area contributed by atoms with Crippen molar-refractivity contribution < 1.29 is 9.59 Å². The Morgan fingerprint density at radius 1 is 1.29 bits per heavy atom. The van der Waals surface area contributed by atoms with E-state index in [1.54, 1.807) is 48.8 Å². The summed E-state index contributed by atoms with van der Waals surface area (Å²) in [6.07, 6.45) is 9.29. The van der Waals surface area contributed by atoms with Crippen LogP contribution in [0.5, 0.6) is 0 Å². The number of pyridine rings is 1. The number of amides is 1. The van der Waals surface area contributed by atoms with Crippen LogP contribution in [-0.4, -0.2) is 23.4 Å². The SMILES string of the molecule is N=C/C(=C\N)c1ccncc1/C=C/C(=O)Nc1cccc(C=O)c1. The lowest BCUT2D eigenvalue weighted by Gasteiger charge is -2.05. The summed E-state index contributed by atoms with van der Waals surface area (Å²) < 4.78 is 0. The van der Waals surface area contributed by atoms with Gasteiger partial charge in [-0.05, 0) is 29.8 Å². The Morgan fingerprint density at radius 3 is 2.83 bits per heavy atom. The molecule has 0 aliphatic rings. The Kier molecular flexibility index (Phi) is 5.74. The number of allylic oxidation sites excluding steroid dienone is 1. The summed E-state index contributed by atoms with van der Waals surface area (Å²) in [6.45, 7) is 0. The van der Waals surface area contributed by atoms with Crippen LogP contribution in [0.2, 0.25) is 0 Å². The summed E-state index contributed by atoms with van der Waals surface area (Å²) in [5, 5.41) is 10.0. The Morgan fingerprint density at radius 2 is 2.12 bits per heavy atom. The standard InChI is InChI=1S/C18H16N4O2/c19-9-15(10-20)17-6-7-21-11-14(17)4-5-18(24)22-16-3-1-2-13(8-16)12-23/h1-12,19H,20H2,(H,22,24)/b5-4+,15-10+,19-9?. The highest BCUT2D eigenvalue weighted by Crippen LogP contribution is 2.17. The van der Waals surface area contributed by atoms with Crippen molar-refractivity contribution in [1.29, 1.82) is 5.41 Å². The maximum Gasteiger partial charge on any atom is 0.248 e. The minimum Gasteiger partial charge on any atom is -0.404 e. The van der Waals surface area contributed by atoms with Crippen LogP contribution in [-0.2, 0) is 4.79 Å². The fourth-order valence-electron chi connectivity index (χ4n) is 2.06. The van der Waals surface area contributed by atoms with Gasteiger partial charge in [0.25, 0.3) is 0 Å². The summed E-state index contributed by atoms with van der Waals surface area (Å²) >= 11 is 0. The molecule has 1 aromatic carbocycles. The first-order chi connectivity index (χ1) is 11.7. The van der Waals surface area contributed by atoms with Gasteiger partial charge in [-0.2, -0.15) is 0 Å². The maximum atomic E-state index is 12.0. The van der Waals surface area contributed by atoms with Crippen molar-refractivity contribution >= 4 is 35.7 Å². The van der Waals surface area contributed by atoms with E-state index >= 15 is 0 Å². The summed E-state index contributed by atoms with van der Waals surface area (Å²) in [5.74, 6) is -0.346. The highest BCUT2D eigenvalue weighted by Gasteiger charge is 2.04. The molecule has 0 unspecified atom stereocenters. The fraction of sp³-hybridized carbons (Fsp3) is 0. The number of benzene rings is 1. The van der Waals surface area contributed by atoms with Crippen LogP contribution in [0.1, 0.15) is 21.5 Å². The van der Waals surface area contributed by atoms with Crippen molar-refractivity contribution in [2.24, 2.45) is 5.73 Å². The molecule has 1 aromatic heterocycles. The molecule has 0 bridgehead atoms. The van der Waals surface area contributed by atoms with E-state index in [0.29, 0.717) is 34.2 Å². The Bertz CT molecular complexity index is 825. The van der Waals surface area contributed by atoms with Crippen molar-refractivity contribution in [3.63, 3.8) is 0 Å². The number of anilines is 1. The minimum atomic E-state index is -0.346. The number of rotatable bonds is 6. The molecule has 0 radical (unpaired) electrons. The predicted octanol–water partition coefficient (Wildman–Crippen LogP) is 2.50. The number of hydrogen-bond acceptors (Lipinski definition) is 5. The average molecular weight is 320 g/mol. The first kappa shape index (κ1) is 16.8. The van der Waals surface area contributed by atoms with Gasteiger partial charge in [0, 0.05) is 53.3 Å². The highest BCUT2D eigenvalue weighted by atomic mass is 16.1. The molecule has 4 N–H and O–H groups in total. The molecule has 2 rings (SSSR count). The van der Waals surface area contributed by atoms with Gasteiger partial charge in [-0.15, -0.1) is 0 Å². The van der Waals surface area contributed by atoms with Gasteiger partial charge in [0.1, 0.15) is 6.29 Å². The molecule has 0 spiro atoms. The minimum absolute atomic E-state index is 0.346. The van der Waals surface area contributed by atoms with Crippen LogP contribution in [0.25, 0.3) is 11.6 Å². The normalized spacial score (nSPS) is 11.2. The number of nitrogens with two attached hydrogens (primary N) is 1. The molecule has 0 saturated heterocycles. The second-order valence-electron chi connectivity index (χ2n) is 4.80. The molecule has 1 amide bonds. The van der Waals surface area contributed by atoms with Gasteiger partial charge in [-0.3, -0.25) is 14.6 Å². The lowest BCUT2D eigenvalue weighted by Crippen LogP contribution is -2.08. The van der Waals surface area contributed by atoms with Gasteiger partial charge >= 0.3 is 0 Å². The topological polar surface area (TPSA) is 109 Å². The first-order valence-electron chi connectivity index (χ1n) is 7.09. The third-order valence-corrected chi connectivity index (χ3v) is 3.20. The summed E-state index contributed by atoms with van der Waals surface area (Å²) in [4.78, 5) is 26.8. The lowest BCUT2D eigenvalue weighted by molar-refractivity contribution is -0.111. The number of carbonyl (C=O) groups excluding carboxylic acids is 2. The quantitative estimate of drug-likeness (QED) is 0.431. The first-order valence-corrected chi connectivity index (χ1v) is 7.09. The lowest BCUT2D eigenvalue weighted by atomic mass is 10.0. The molecule has 0 aliphatic carbocycles. The van der Waals surface area contributed by atoms with Crippen molar-refractivity contribution in [2.45, 2.75) is 0 Å². The molecule has 120 valence electrons. The van der Waals surface area contributed by atoms with E-state index in [1.807, 2.05) is 0 Å². The second kappa shape index (κ2) is 8.19. The summed E-state index contributed by atoms with van der Waals surface area (Å²) in [6, 6.07) is 8.33. The van der Waals surface area contributed by atoms with Crippen LogP contribution < -0.4 is 11.1 Å². The van der Waals surface area contributed by atoms with Crippen molar-refractivity contribution in [2.75, 3.05) is 5.32 Å². The largest absolute Gasteiger partial charge is 0.404 e. The van der Waals surface area contributed by atoms with Crippen LogP contribution in [0.15, 0.2) is 55.0 Å². The van der Waals surface area contributed by atoms with E-state index in [1.165, 1.54) is 12.3 Å². The fourth-order valence-corrected chi connectivity index (χ4v) is 2.06. The predicted molar refractivity (Wildman–Crippen MR) is 94.7 cm³/mol. The maximum absolute atomic E-state index is 12.0. The van der Waals surface area contributed by atoms with Crippen molar-refractivity contribution in [1.82, 2.24) is 4.98 Å². The third-order valence-electron chi connectivity index (χ3n) is 3.20. The van der Waals surface area contributed by atoms with E-state index in [-0.39, 0.29) is 5.91 Å². The number of carbonyl (C=O) groups is 2. The molecule has 24 heavy (non-hydrogen) atoms. The monoisotopic (exact) mass is 320 g/mol. The number of hydrogen-bond donors (Lipinski definition) is 3. The molecule has 0 aliphatic heterocycles. The van der Waals surface area contributed by atoms with Crippen LogP contribution in [0.3, 0.4) is 0 Å². The van der Waals surface area contributed by atoms with Gasteiger partial charge in [-0.1, -0.05) is 12.1 Å². The van der Waals surface area contributed by atoms with Crippen molar-refractivity contribution in [3.8, 4) is 0 Å². The van der Waals surface area contributed by atoms with E-state index in [4.69, 9.17) is 11.1 Å². The second-order valence-corrected chi connectivity index (χ2v) is 4.80. The zero-order valence-corrected chi connectivity index (χ0v) is 12.8. The third kappa shape index (κ3) is 4.23. The number of aromatic nitrogens is 1. The van der Waals surface area contributed by atoms with Gasteiger partial charge < -0.3 is 16.5 Å². The van der Waals surface area contributed by atoms with E-state index < -0.39 is 0 Å². The zero-order chi connectivity index (χ0) is 17.4. The van der Waals surface area contributed by atoms with E-state index in [2.05, 4.69) is 10.3 Å². The molecule has 6 nitrogen and oxygen atoms in total. The molecular formula is C18H16N4O2. The Hall–Kier alpha value is -3.54. The number of aldehydes is 1. The smallest absolute Gasteiger partial charge is 0.248 e. The Balaban J connectivity index is 2.17. The van der Waals surface area contributed by atoms with Gasteiger partial charge in [0.2, 0.25) is 5.91 Å².